The van der Waals surface area contributed by atoms with Gasteiger partial charge in [0.2, 0.25) is 0 Å². The lowest BCUT2D eigenvalue weighted by atomic mass is 10.2. The molecule has 1 N–H and O–H groups in total. The van der Waals surface area contributed by atoms with Crippen molar-refractivity contribution in [3.63, 3.8) is 0 Å². The van der Waals surface area contributed by atoms with Crippen LogP contribution >= 0.6 is 11.8 Å². The summed E-state index contributed by atoms with van der Waals surface area (Å²) in [6, 6.07) is 9.93. The Kier molecular flexibility index (Phi) is 5.65. The second-order valence-corrected chi connectivity index (χ2v) is 4.78. The number of carbonyl (C=O) groups excluding carboxylic acids is 1. The topological polar surface area (TPSA) is 49.7 Å². The van der Waals surface area contributed by atoms with E-state index in [1.165, 1.54) is 25.6 Å². The summed E-state index contributed by atoms with van der Waals surface area (Å²) in [5.41, 5.74) is 1.46. The van der Waals surface area contributed by atoms with Gasteiger partial charge in [0.25, 0.3) is 0 Å². The van der Waals surface area contributed by atoms with Crippen LogP contribution in [0.4, 0.5) is 0 Å². The van der Waals surface area contributed by atoms with E-state index in [-0.39, 0.29) is 11.5 Å². The molecule has 0 bridgehead atoms. The first-order chi connectivity index (χ1) is 8.56. The van der Waals surface area contributed by atoms with Crippen LogP contribution in [0, 0.1) is 0 Å². The number of benzene rings is 1. The van der Waals surface area contributed by atoms with Crippen molar-refractivity contribution in [2.24, 2.45) is 4.99 Å². The first-order valence-corrected chi connectivity index (χ1v) is 6.59. The van der Waals surface area contributed by atoms with E-state index in [1.54, 1.807) is 7.05 Å². The highest BCUT2D eigenvalue weighted by atomic mass is 32.2. The molecule has 0 aliphatic rings. The van der Waals surface area contributed by atoms with Crippen LogP contribution in [0.2, 0.25) is 0 Å². The molecule has 0 saturated carbocycles. The Morgan fingerprint density at radius 3 is 2.33 bits per heavy atom. The minimum Gasteiger partial charge on any atom is -0.512 e. The molecule has 0 saturated heterocycles. The second kappa shape index (κ2) is 7.01. The van der Waals surface area contributed by atoms with Crippen molar-refractivity contribution in [3.8, 4) is 0 Å². The summed E-state index contributed by atoms with van der Waals surface area (Å²) in [7, 11) is 1.62. The highest BCUT2D eigenvalue weighted by molar-refractivity contribution is 8.13. The maximum absolute atomic E-state index is 11.5. The van der Waals surface area contributed by atoms with Gasteiger partial charge in [0.1, 0.15) is 10.8 Å². The summed E-state index contributed by atoms with van der Waals surface area (Å²) in [4.78, 5) is 15.6. The number of aliphatic hydroxyl groups excluding tert-OH is 1. The van der Waals surface area contributed by atoms with E-state index in [0.717, 1.165) is 11.3 Å². The summed E-state index contributed by atoms with van der Waals surface area (Å²) in [6.07, 6.45) is 0. The van der Waals surface area contributed by atoms with E-state index < -0.39 is 0 Å². The Labute approximate surface area is 112 Å². The summed E-state index contributed by atoms with van der Waals surface area (Å²) >= 11 is 1.45. The second-order valence-electron chi connectivity index (χ2n) is 3.82. The molecule has 0 aromatic heterocycles. The Morgan fingerprint density at radius 1 is 1.28 bits per heavy atom. The lowest BCUT2D eigenvalue weighted by molar-refractivity contribution is -0.113. The largest absolute Gasteiger partial charge is 0.512 e. The van der Waals surface area contributed by atoms with Crippen molar-refractivity contribution in [1.82, 2.24) is 0 Å². The van der Waals surface area contributed by atoms with Gasteiger partial charge in [0, 0.05) is 12.8 Å². The number of carbonyl (C=O) groups is 1. The molecule has 0 spiro atoms. The summed E-state index contributed by atoms with van der Waals surface area (Å²) in [6.45, 7) is 2.94. The normalized spacial score (nSPS) is 13.2. The number of ketones is 1. The maximum Gasteiger partial charge on any atom is 0.165 e. The van der Waals surface area contributed by atoms with E-state index in [9.17, 15) is 9.90 Å². The third-order valence-corrected chi connectivity index (χ3v) is 3.49. The number of aliphatic imine (C=N–C) groups is 1. The first kappa shape index (κ1) is 14.5. The highest BCUT2D eigenvalue weighted by Gasteiger charge is 2.15. The molecular weight excluding hydrogens is 246 g/mol. The molecule has 0 unspecified atom stereocenters. The predicted molar refractivity (Wildman–Crippen MR) is 77.1 cm³/mol. The lowest BCUT2D eigenvalue weighted by Crippen LogP contribution is -2.10. The monoisotopic (exact) mass is 263 g/mol. The molecule has 3 nitrogen and oxygen atoms in total. The summed E-state index contributed by atoms with van der Waals surface area (Å²) in [5.74, 6) is 0.567. The van der Waals surface area contributed by atoms with Crippen LogP contribution in [0.3, 0.4) is 0 Å². The number of aliphatic hydroxyl groups is 1. The molecule has 1 rings (SSSR count). The van der Waals surface area contributed by atoms with E-state index in [2.05, 4.69) is 4.99 Å². The number of hydrogen-bond donors (Lipinski definition) is 1. The van der Waals surface area contributed by atoms with Crippen molar-refractivity contribution in [2.45, 2.75) is 19.6 Å². The Morgan fingerprint density at radius 2 is 1.89 bits per heavy atom. The third kappa shape index (κ3) is 4.04. The fourth-order valence-corrected chi connectivity index (χ4v) is 2.60. The summed E-state index contributed by atoms with van der Waals surface area (Å²) < 4.78 is 0. The first-order valence-electron chi connectivity index (χ1n) is 5.61. The molecule has 0 amide bonds. The maximum atomic E-state index is 11.5. The molecule has 0 aliphatic heterocycles. The SMILES string of the molecule is CN=C(SCc1ccccc1)/C(C(C)=O)=C(/C)O. The molecular formula is C14H17NO2S. The van der Waals surface area contributed by atoms with Gasteiger partial charge in [-0.1, -0.05) is 30.3 Å². The van der Waals surface area contributed by atoms with Crippen LogP contribution in [-0.2, 0) is 10.5 Å². The fourth-order valence-electron chi connectivity index (χ4n) is 1.53. The van der Waals surface area contributed by atoms with Gasteiger partial charge in [0.15, 0.2) is 5.78 Å². The van der Waals surface area contributed by atoms with Gasteiger partial charge in [-0.05, 0) is 19.4 Å². The molecule has 0 heterocycles. The number of rotatable bonds is 4. The van der Waals surface area contributed by atoms with Gasteiger partial charge >= 0.3 is 0 Å². The van der Waals surface area contributed by atoms with Gasteiger partial charge < -0.3 is 5.11 Å². The molecule has 4 heteroatoms. The average molecular weight is 263 g/mol. The zero-order valence-corrected chi connectivity index (χ0v) is 11.6. The van der Waals surface area contributed by atoms with Crippen LogP contribution < -0.4 is 0 Å². The number of thioether (sulfide) groups is 1. The van der Waals surface area contributed by atoms with Gasteiger partial charge in [-0.3, -0.25) is 9.79 Å². The van der Waals surface area contributed by atoms with E-state index in [1.807, 2.05) is 30.3 Å². The zero-order valence-electron chi connectivity index (χ0n) is 10.8. The minimum atomic E-state index is -0.170. The van der Waals surface area contributed by atoms with E-state index in [0.29, 0.717) is 10.6 Å². The van der Waals surface area contributed by atoms with Crippen molar-refractivity contribution >= 4 is 22.6 Å². The number of nitrogens with zero attached hydrogens (tertiary/aromatic N) is 1. The van der Waals surface area contributed by atoms with Gasteiger partial charge in [-0.2, -0.15) is 0 Å². The Hall–Kier alpha value is -1.55. The quantitative estimate of drug-likeness (QED) is 0.392. The summed E-state index contributed by atoms with van der Waals surface area (Å²) in [5, 5.41) is 10.1. The standard InChI is InChI=1S/C14H17NO2S/c1-10(16)13(11(2)17)14(15-3)18-9-12-7-5-4-6-8-12/h4-8,16H,9H2,1-3H3/b13-10-,15-14?. The van der Waals surface area contributed by atoms with Crippen LogP contribution in [-0.4, -0.2) is 23.0 Å². The molecule has 18 heavy (non-hydrogen) atoms. The Balaban J connectivity index is 2.81. The molecule has 0 radical (unpaired) electrons. The van der Waals surface area contributed by atoms with Crippen LogP contribution in [0.25, 0.3) is 0 Å². The van der Waals surface area contributed by atoms with E-state index in [4.69, 9.17) is 0 Å². The smallest absolute Gasteiger partial charge is 0.165 e. The highest BCUT2D eigenvalue weighted by Crippen LogP contribution is 2.20. The molecule has 1 aromatic rings. The van der Waals surface area contributed by atoms with E-state index >= 15 is 0 Å². The molecule has 0 aliphatic carbocycles. The van der Waals surface area contributed by atoms with Crippen molar-refractivity contribution in [2.75, 3.05) is 7.05 Å². The molecule has 0 atom stereocenters. The van der Waals surface area contributed by atoms with Crippen molar-refractivity contribution in [3.05, 3.63) is 47.2 Å². The lowest BCUT2D eigenvalue weighted by Gasteiger charge is -2.08. The van der Waals surface area contributed by atoms with Crippen LogP contribution in [0.5, 0.6) is 0 Å². The fraction of sp³-hybridized carbons (Fsp3) is 0.286. The van der Waals surface area contributed by atoms with Crippen LogP contribution in [0.15, 0.2) is 46.7 Å². The zero-order chi connectivity index (χ0) is 13.5. The number of Topliss-reactive ketones (excluding diaryl/α,β-unsaturated/α-hetero) is 1. The molecule has 1 aromatic carbocycles. The van der Waals surface area contributed by atoms with Crippen molar-refractivity contribution < 1.29 is 9.90 Å². The third-order valence-electron chi connectivity index (χ3n) is 2.35. The average Bonchev–Trinajstić information content (AvgIpc) is 2.34. The van der Waals surface area contributed by atoms with Gasteiger partial charge in [0.05, 0.1) is 5.57 Å². The Bertz CT molecular complexity index is 474. The van der Waals surface area contributed by atoms with Gasteiger partial charge in [-0.25, -0.2) is 0 Å². The predicted octanol–water partition coefficient (Wildman–Crippen LogP) is 3.37. The molecule has 0 fully saturated rings. The van der Waals surface area contributed by atoms with Crippen LogP contribution in [0.1, 0.15) is 19.4 Å². The number of allylic oxidation sites excluding steroid dienone is 1. The number of hydrogen-bond acceptors (Lipinski definition) is 4. The van der Waals surface area contributed by atoms with Gasteiger partial charge in [-0.15, -0.1) is 11.8 Å². The molecule has 96 valence electrons. The van der Waals surface area contributed by atoms with Crippen molar-refractivity contribution in [1.29, 1.82) is 0 Å². The minimum absolute atomic E-state index is 0.0173.